The molecule has 3 aromatic rings. The summed E-state index contributed by atoms with van der Waals surface area (Å²) in [5.41, 5.74) is 2.22. The van der Waals surface area contributed by atoms with Crippen molar-refractivity contribution in [2.75, 3.05) is 26.2 Å². The highest BCUT2D eigenvalue weighted by Gasteiger charge is 2.24. The third kappa shape index (κ3) is 3.87. The maximum atomic E-state index is 12.8. The standard InChI is InChI=1S/C23H23N5O2S/c24-13-15-4-3-5-16(12-15)23(30)28-10-8-27(9-11-28)14-19-25-21(29)20-17-6-1-2-7-18(17)31-22(20)26-19/h3-5,12H,1-2,6-11,14H2,(H,25,26,29). The van der Waals surface area contributed by atoms with Gasteiger partial charge in [0.15, 0.2) is 0 Å². The van der Waals surface area contributed by atoms with Crippen molar-refractivity contribution in [3.05, 3.63) is 62.0 Å². The summed E-state index contributed by atoms with van der Waals surface area (Å²) in [7, 11) is 0. The van der Waals surface area contributed by atoms with Gasteiger partial charge in [-0.2, -0.15) is 5.26 Å². The van der Waals surface area contributed by atoms with Gasteiger partial charge in [0, 0.05) is 36.6 Å². The molecule has 1 aliphatic carbocycles. The quantitative estimate of drug-likeness (QED) is 0.686. The molecule has 0 spiro atoms. The average Bonchev–Trinajstić information content (AvgIpc) is 3.18. The van der Waals surface area contributed by atoms with Crippen LogP contribution in [0.3, 0.4) is 0 Å². The van der Waals surface area contributed by atoms with Crippen LogP contribution < -0.4 is 5.56 Å². The Labute approximate surface area is 183 Å². The van der Waals surface area contributed by atoms with Crippen LogP contribution in [0.5, 0.6) is 0 Å². The number of piperazine rings is 1. The van der Waals surface area contributed by atoms with Crippen LogP contribution in [0.1, 0.15) is 45.0 Å². The van der Waals surface area contributed by atoms with Gasteiger partial charge in [0.05, 0.1) is 23.6 Å². The van der Waals surface area contributed by atoms with Crippen molar-refractivity contribution in [1.29, 1.82) is 5.26 Å². The molecule has 158 valence electrons. The molecule has 8 heteroatoms. The van der Waals surface area contributed by atoms with Crippen LogP contribution in [-0.4, -0.2) is 51.9 Å². The summed E-state index contributed by atoms with van der Waals surface area (Å²) in [6, 6.07) is 8.90. The monoisotopic (exact) mass is 433 g/mol. The van der Waals surface area contributed by atoms with Crippen LogP contribution in [-0.2, 0) is 19.4 Å². The number of nitrogens with one attached hydrogen (secondary N) is 1. The number of H-pyrrole nitrogens is 1. The average molecular weight is 434 g/mol. The van der Waals surface area contributed by atoms with Gasteiger partial charge < -0.3 is 9.88 Å². The number of fused-ring (bicyclic) bond motifs is 3. The molecular formula is C23H23N5O2S. The molecule has 2 aromatic heterocycles. The first kappa shape index (κ1) is 19.9. The number of nitrogens with zero attached hydrogens (tertiary/aromatic N) is 4. The SMILES string of the molecule is N#Cc1cccc(C(=O)N2CCN(Cc3nc4sc5c(c4c(=O)[nH]3)CCCC5)CC2)c1. The van der Waals surface area contributed by atoms with E-state index in [0.29, 0.717) is 49.7 Å². The fourth-order valence-corrected chi connectivity index (χ4v) is 5.79. The Morgan fingerprint density at radius 2 is 2.00 bits per heavy atom. The van der Waals surface area contributed by atoms with Gasteiger partial charge in [0.1, 0.15) is 10.7 Å². The van der Waals surface area contributed by atoms with Crippen LogP contribution in [0.25, 0.3) is 10.2 Å². The van der Waals surface area contributed by atoms with Crippen LogP contribution in [0, 0.1) is 11.3 Å². The minimum Gasteiger partial charge on any atom is -0.336 e. The first-order valence-corrected chi connectivity index (χ1v) is 11.5. The number of aromatic amines is 1. The number of amides is 1. The number of hydrogen-bond donors (Lipinski definition) is 1. The lowest BCUT2D eigenvalue weighted by molar-refractivity contribution is 0.0625. The molecule has 3 heterocycles. The summed E-state index contributed by atoms with van der Waals surface area (Å²) in [6.07, 6.45) is 4.36. The molecular weight excluding hydrogens is 410 g/mol. The summed E-state index contributed by atoms with van der Waals surface area (Å²) in [5.74, 6) is 0.645. The number of rotatable bonds is 3. The van der Waals surface area contributed by atoms with Gasteiger partial charge in [-0.1, -0.05) is 6.07 Å². The Morgan fingerprint density at radius 3 is 2.81 bits per heavy atom. The van der Waals surface area contributed by atoms with Gasteiger partial charge in [-0.3, -0.25) is 14.5 Å². The second-order valence-corrected chi connectivity index (χ2v) is 9.25. The van der Waals surface area contributed by atoms with Gasteiger partial charge in [-0.15, -0.1) is 11.3 Å². The fraction of sp³-hybridized carbons (Fsp3) is 0.391. The highest BCUT2D eigenvalue weighted by Crippen LogP contribution is 2.33. The zero-order valence-electron chi connectivity index (χ0n) is 17.2. The Kier molecular flexibility index (Phi) is 5.30. The van der Waals surface area contributed by atoms with Crippen molar-refractivity contribution in [3.63, 3.8) is 0 Å². The molecule has 7 nitrogen and oxygen atoms in total. The minimum absolute atomic E-state index is 0.0226. The molecule has 31 heavy (non-hydrogen) atoms. The van der Waals surface area contributed by atoms with Gasteiger partial charge in [0.25, 0.3) is 11.5 Å². The molecule has 1 aromatic carbocycles. The number of nitriles is 1. The fourth-order valence-electron chi connectivity index (χ4n) is 4.51. The summed E-state index contributed by atoms with van der Waals surface area (Å²) in [6.45, 7) is 3.21. The lowest BCUT2D eigenvalue weighted by Crippen LogP contribution is -2.48. The molecule has 1 fully saturated rings. The predicted octanol–water partition coefficient (Wildman–Crippen LogP) is 2.69. The van der Waals surface area contributed by atoms with Gasteiger partial charge in [-0.25, -0.2) is 4.98 Å². The van der Waals surface area contributed by atoms with Crippen molar-refractivity contribution in [2.24, 2.45) is 0 Å². The van der Waals surface area contributed by atoms with Gasteiger partial charge in [-0.05, 0) is 49.4 Å². The summed E-state index contributed by atoms with van der Waals surface area (Å²) in [4.78, 5) is 39.5. The lowest BCUT2D eigenvalue weighted by atomic mass is 9.97. The van der Waals surface area contributed by atoms with E-state index in [-0.39, 0.29) is 11.5 Å². The number of carbonyl (C=O) groups is 1. The number of aryl methyl sites for hydroxylation is 2. The number of carbonyl (C=O) groups excluding carboxylic acids is 1. The largest absolute Gasteiger partial charge is 0.336 e. The van der Waals surface area contributed by atoms with E-state index >= 15 is 0 Å². The number of hydrogen-bond acceptors (Lipinski definition) is 6. The maximum absolute atomic E-state index is 12.8. The summed E-state index contributed by atoms with van der Waals surface area (Å²) >= 11 is 1.67. The van der Waals surface area contributed by atoms with E-state index in [1.807, 2.05) is 4.90 Å². The molecule has 1 N–H and O–H groups in total. The Morgan fingerprint density at radius 1 is 1.19 bits per heavy atom. The molecule has 2 aliphatic rings. The number of aromatic nitrogens is 2. The van der Waals surface area contributed by atoms with E-state index in [1.165, 1.54) is 16.9 Å². The highest BCUT2D eigenvalue weighted by atomic mass is 32.1. The zero-order chi connectivity index (χ0) is 21.4. The first-order chi connectivity index (χ1) is 15.1. The van der Waals surface area contributed by atoms with E-state index in [9.17, 15) is 9.59 Å². The van der Waals surface area contributed by atoms with Crippen LogP contribution in [0.4, 0.5) is 0 Å². The van der Waals surface area contributed by atoms with Crippen LogP contribution in [0.2, 0.25) is 0 Å². The Balaban J connectivity index is 1.26. The topological polar surface area (TPSA) is 93.1 Å². The normalized spacial score (nSPS) is 16.8. The Hall–Kier alpha value is -3.02. The van der Waals surface area contributed by atoms with E-state index in [0.717, 1.165) is 29.5 Å². The highest BCUT2D eigenvalue weighted by molar-refractivity contribution is 7.18. The van der Waals surface area contributed by atoms with Gasteiger partial charge in [0.2, 0.25) is 0 Å². The molecule has 1 amide bonds. The molecule has 0 unspecified atom stereocenters. The molecule has 1 aliphatic heterocycles. The van der Waals surface area contributed by atoms with Crippen LogP contribution in [0.15, 0.2) is 29.1 Å². The van der Waals surface area contributed by atoms with Gasteiger partial charge >= 0.3 is 0 Å². The zero-order valence-corrected chi connectivity index (χ0v) is 18.0. The molecule has 0 saturated carbocycles. The third-order valence-corrected chi connectivity index (χ3v) is 7.33. The molecule has 0 radical (unpaired) electrons. The minimum atomic E-state index is -0.0473. The Bertz CT molecular complexity index is 1250. The third-order valence-electron chi connectivity index (χ3n) is 6.15. The van der Waals surface area contributed by atoms with Crippen LogP contribution >= 0.6 is 11.3 Å². The second-order valence-electron chi connectivity index (χ2n) is 8.16. The maximum Gasteiger partial charge on any atom is 0.259 e. The van der Waals surface area contributed by atoms with Crippen molar-refractivity contribution in [1.82, 2.24) is 19.8 Å². The van der Waals surface area contributed by atoms with Crippen molar-refractivity contribution >= 4 is 27.5 Å². The molecule has 0 bridgehead atoms. The van der Waals surface area contributed by atoms with Crippen molar-refractivity contribution in [2.45, 2.75) is 32.2 Å². The molecule has 5 rings (SSSR count). The summed E-state index contributed by atoms with van der Waals surface area (Å²) in [5, 5.41) is 9.84. The van der Waals surface area contributed by atoms with E-state index in [4.69, 9.17) is 10.2 Å². The van der Waals surface area contributed by atoms with E-state index in [1.54, 1.807) is 35.6 Å². The summed E-state index contributed by atoms with van der Waals surface area (Å²) < 4.78 is 0. The first-order valence-electron chi connectivity index (χ1n) is 10.7. The second kappa shape index (κ2) is 8.25. The number of thiophene rings is 1. The van der Waals surface area contributed by atoms with Crippen molar-refractivity contribution in [3.8, 4) is 6.07 Å². The number of benzene rings is 1. The molecule has 1 saturated heterocycles. The van der Waals surface area contributed by atoms with E-state index < -0.39 is 0 Å². The predicted molar refractivity (Wildman–Crippen MR) is 119 cm³/mol. The van der Waals surface area contributed by atoms with Crippen molar-refractivity contribution < 1.29 is 4.79 Å². The lowest BCUT2D eigenvalue weighted by Gasteiger charge is -2.34. The molecule has 0 atom stereocenters. The smallest absolute Gasteiger partial charge is 0.259 e. The van der Waals surface area contributed by atoms with E-state index in [2.05, 4.69) is 16.0 Å².